The lowest BCUT2D eigenvalue weighted by Crippen LogP contribution is -2.45. The number of aliphatic hydroxyl groups excluding tert-OH is 2. The predicted molar refractivity (Wildman–Crippen MR) is 230 cm³/mol. The Labute approximate surface area is 325 Å². The molecule has 52 heavy (non-hydrogen) atoms. The summed E-state index contributed by atoms with van der Waals surface area (Å²) in [6.07, 6.45) is 58.4. The standard InChI is InChI=1S/C48H91NO3/c1-3-5-7-9-11-13-15-17-19-20-21-22-23-24-25-26-27-28-30-32-34-36-38-40-42-44-48(52)49-46(45-50)47(51)43-41-39-37-35-33-31-29-18-16-14-12-10-8-6-4-2/h16,18,33,35,41,43,46-47,50-51H,3-15,17,19-32,34,36-40,42,44-45H2,1-2H3,(H,49,52)/b18-16+,35-33+,43-41+. The van der Waals surface area contributed by atoms with E-state index in [0.29, 0.717) is 6.42 Å². The summed E-state index contributed by atoms with van der Waals surface area (Å²) in [6, 6.07) is -0.642. The SMILES string of the molecule is CCCCCCC/C=C/CC/C=C/CC/C=C/C(O)C(CO)NC(=O)CCCCCCCCCCCCCCCCCCCCCCCCCCC. The highest BCUT2D eigenvalue weighted by Crippen LogP contribution is 2.16. The van der Waals surface area contributed by atoms with Gasteiger partial charge in [-0.25, -0.2) is 0 Å². The molecule has 3 N–H and O–H groups in total. The molecule has 0 heterocycles. The Morgan fingerprint density at radius 2 is 0.750 bits per heavy atom. The minimum Gasteiger partial charge on any atom is -0.394 e. The molecule has 0 bridgehead atoms. The average Bonchev–Trinajstić information content (AvgIpc) is 3.15. The maximum atomic E-state index is 12.4. The van der Waals surface area contributed by atoms with Crippen molar-refractivity contribution in [2.45, 2.75) is 257 Å². The highest BCUT2D eigenvalue weighted by Gasteiger charge is 2.17. The van der Waals surface area contributed by atoms with Gasteiger partial charge < -0.3 is 15.5 Å². The molecular formula is C48H91NO3. The van der Waals surface area contributed by atoms with E-state index in [1.54, 1.807) is 6.08 Å². The van der Waals surface area contributed by atoms with Gasteiger partial charge in [0, 0.05) is 6.42 Å². The van der Waals surface area contributed by atoms with E-state index in [0.717, 1.165) is 38.5 Å². The fourth-order valence-electron chi connectivity index (χ4n) is 7.03. The highest BCUT2D eigenvalue weighted by molar-refractivity contribution is 5.76. The van der Waals surface area contributed by atoms with Crippen LogP contribution in [-0.2, 0) is 4.79 Å². The van der Waals surface area contributed by atoms with Crippen LogP contribution in [0.2, 0.25) is 0 Å². The maximum absolute atomic E-state index is 12.4. The van der Waals surface area contributed by atoms with Crippen LogP contribution in [0, 0.1) is 0 Å². The van der Waals surface area contributed by atoms with Gasteiger partial charge in [-0.2, -0.15) is 0 Å². The van der Waals surface area contributed by atoms with Crippen molar-refractivity contribution in [2.75, 3.05) is 6.61 Å². The van der Waals surface area contributed by atoms with Crippen LogP contribution < -0.4 is 5.32 Å². The molecule has 0 fully saturated rings. The van der Waals surface area contributed by atoms with Crippen molar-refractivity contribution >= 4 is 5.91 Å². The zero-order valence-corrected chi connectivity index (χ0v) is 35.1. The van der Waals surface area contributed by atoms with Crippen LogP contribution in [0.5, 0.6) is 0 Å². The number of aliphatic hydroxyl groups is 2. The Kier molecular flexibility index (Phi) is 42.8. The van der Waals surface area contributed by atoms with Crippen molar-refractivity contribution in [3.63, 3.8) is 0 Å². The van der Waals surface area contributed by atoms with Crippen molar-refractivity contribution in [1.82, 2.24) is 5.32 Å². The number of carbonyl (C=O) groups excluding carboxylic acids is 1. The molecule has 0 aliphatic rings. The number of hydrogen-bond acceptors (Lipinski definition) is 3. The topological polar surface area (TPSA) is 69.6 Å². The van der Waals surface area contributed by atoms with E-state index in [2.05, 4.69) is 43.5 Å². The van der Waals surface area contributed by atoms with Crippen LogP contribution in [-0.4, -0.2) is 34.9 Å². The van der Waals surface area contributed by atoms with Gasteiger partial charge in [0.1, 0.15) is 0 Å². The van der Waals surface area contributed by atoms with E-state index in [-0.39, 0.29) is 12.5 Å². The summed E-state index contributed by atoms with van der Waals surface area (Å²) in [7, 11) is 0. The second kappa shape index (κ2) is 44.0. The molecule has 0 spiro atoms. The van der Waals surface area contributed by atoms with Crippen molar-refractivity contribution in [1.29, 1.82) is 0 Å². The maximum Gasteiger partial charge on any atom is 0.220 e. The van der Waals surface area contributed by atoms with E-state index in [9.17, 15) is 15.0 Å². The van der Waals surface area contributed by atoms with Crippen molar-refractivity contribution in [2.24, 2.45) is 0 Å². The van der Waals surface area contributed by atoms with Gasteiger partial charge in [-0.05, 0) is 44.9 Å². The zero-order chi connectivity index (χ0) is 37.8. The first-order valence-electron chi connectivity index (χ1n) is 23.2. The number of carbonyl (C=O) groups is 1. The molecule has 0 radical (unpaired) electrons. The first-order valence-corrected chi connectivity index (χ1v) is 23.2. The molecular weight excluding hydrogens is 639 g/mol. The molecule has 0 aliphatic carbocycles. The first-order chi connectivity index (χ1) is 25.7. The van der Waals surface area contributed by atoms with Crippen LogP contribution in [0.4, 0.5) is 0 Å². The zero-order valence-electron chi connectivity index (χ0n) is 35.1. The van der Waals surface area contributed by atoms with Crippen molar-refractivity contribution in [3.05, 3.63) is 36.5 Å². The molecule has 2 unspecified atom stereocenters. The smallest absolute Gasteiger partial charge is 0.220 e. The number of unbranched alkanes of at least 4 members (excludes halogenated alkanes) is 31. The molecule has 4 nitrogen and oxygen atoms in total. The fourth-order valence-corrected chi connectivity index (χ4v) is 7.03. The second-order valence-corrected chi connectivity index (χ2v) is 15.8. The molecule has 1 amide bonds. The predicted octanol–water partition coefficient (Wildman–Crippen LogP) is 14.6. The van der Waals surface area contributed by atoms with E-state index >= 15 is 0 Å². The van der Waals surface area contributed by atoms with Gasteiger partial charge in [0.25, 0.3) is 0 Å². The van der Waals surface area contributed by atoms with Gasteiger partial charge >= 0.3 is 0 Å². The molecule has 0 aromatic carbocycles. The van der Waals surface area contributed by atoms with Gasteiger partial charge in [0.15, 0.2) is 0 Å². The van der Waals surface area contributed by atoms with Gasteiger partial charge in [0.2, 0.25) is 5.91 Å². The molecule has 306 valence electrons. The largest absolute Gasteiger partial charge is 0.394 e. The molecule has 0 saturated carbocycles. The number of allylic oxidation sites excluding steroid dienone is 5. The third-order valence-electron chi connectivity index (χ3n) is 10.6. The molecule has 4 heteroatoms. The Morgan fingerprint density at radius 3 is 1.12 bits per heavy atom. The quantitative estimate of drug-likeness (QED) is 0.0433. The minimum atomic E-state index is -0.867. The van der Waals surface area contributed by atoms with Crippen LogP contribution >= 0.6 is 0 Å². The highest BCUT2D eigenvalue weighted by atomic mass is 16.3. The number of rotatable bonds is 42. The Bertz CT molecular complexity index is 790. The Balaban J connectivity index is 3.53. The number of hydrogen-bond donors (Lipinski definition) is 3. The molecule has 0 rings (SSSR count). The lowest BCUT2D eigenvalue weighted by molar-refractivity contribution is -0.123. The molecule has 0 aromatic rings. The third kappa shape index (κ3) is 39.8. The van der Waals surface area contributed by atoms with E-state index in [1.165, 1.54) is 186 Å². The minimum absolute atomic E-state index is 0.0749. The number of amides is 1. The molecule has 0 aliphatic heterocycles. The van der Waals surface area contributed by atoms with Gasteiger partial charge in [-0.3, -0.25) is 4.79 Å². The summed E-state index contributed by atoms with van der Waals surface area (Å²) in [6.45, 7) is 4.29. The van der Waals surface area contributed by atoms with Crippen LogP contribution in [0.1, 0.15) is 245 Å². The summed E-state index contributed by atoms with van der Waals surface area (Å²) < 4.78 is 0. The fraction of sp³-hybridized carbons (Fsp3) is 0.854. The normalized spacial score (nSPS) is 13.2. The monoisotopic (exact) mass is 730 g/mol. The van der Waals surface area contributed by atoms with Gasteiger partial charge in [-0.15, -0.1) is 0 Å². The van der Waals surface area contributed by atoms with Crippen molar-refractivity contribution in [3.8, 4) is 0 Å². The first kappa shape index (κ1) is 50.6. The summed E-state index contributed by atoms with van der Waals surface area (Å²) in [5.41, 5.74) is 0. The second-order valence-electron chi connectivity index (χ2n) is 15.8. The van der Waals surface area contributed by atoms with Gasteiger partial charge in [0.05, 0.1) is 18.8 Å². The lowest BCUT2D eigenvalue weighted by atomic mass is 10.0. The van der Waals surface area contributed by atoms with Crippen molar-refractivity contribution < 1.29 is 15.0 Å². The summed E-state index contributed by atoms with van der Waals surface area (Å²) in [5, 5.41) is 23.0. The summed E-state index contributed by atoms with van der Waals surface area (Å²) in [4.78, 5) is 12.4. The summed E-state index contributed by atoms with van der Waals surface area (Å²) >= 11 is 0. The van der Waals surface area contributed by atoms with Crippen LogP contribution in [0.15, 0.2) is 36.5 Å². The molecule has 0 saturated heterocycles. The third-order valence-corrected chi connectivity index (χ3v) is 10.6. The average molecular weight is 730 g/mol. The van der Waals surface area contributed by atoms with Gasteiger partial charge in [-0.1, -0.05) is 230 Å². The molecule has 2 atom stereocenters. The molecule has 0 aromatic heterocycles. The summed E-state index contributed by atoms with van der Waals surface area (Å²) in [5.74, 6) is -0.0749. The van der Waals surface area contributed by atoms with Crippen LogP contribution in [0.25, 0.3) is 0 Å². The van der Waals surface area contributed by atoms with E-state index in [1.807, 2.05) is 6.08 Å². The van der Waals surface area contributed by atoms with E-state index < -0.39 is 12.1 Å². The van der Waals surface area contributed by atoms with Crippen LogP contribution in [0.3, 0.4) is 0 Å². The Morgan fingerprint density at radius 1 is 0.442 bits per heavy atom. The Hall–Kier alpha value is -1.39. The van der Waals surface area contributed by atoms with E-state index in [4.69, 9.17) is 0 Å². The lowest BCUT2D eigenvalue weighted by Gasteiger charge is -2.19. The number of nitrogens with one attached hydrogen (secondary N) is 1.